The minimum absolute atomic E-state index is 0.0618. The largest absolute Gasteiger partial charge is 0.380 e. The molecule has 0 unspecified atom stereocenters. The van der Waals surface area contributed by atoms with Gasteiger partial charge in [0.2, 0.25) is 0 Å². The Balaban J connectivity index is 1.95. The van der Waals surface area contributed by atoms with Crippen LogP contribution >= 0.6 is 15.9 Å². The molecule has 110 valence electrons. The van der Waals surface area contributed by atoms with Crippen molar-refractivity contribution >= 4 is 21.8 Å². The van der Waals surface area contributed by atoms with Crippen LogP contribution < -0.4 is 5.32 Å². The van der Waals surface area contributed by atoms with Crippen molar-refractivity contribution in [2.45, 2.75) is 18.5 Å². The van der Waals surface area contributed by atoms with E-state index in [1.807, 2.05) is 48.5 Å². The maximum absolute atomic E-state index is 12.1. The van der Waals surface area contributed by atoms with Crippen LogP contribution in [0, 0.1) is 0 Å². The molecule has 0 bridgehead atoms. The highest BCUT2D eigenvalue weighted by Gasteiger charge is 2.05. The van der Waals surface area contributed by atoms with E-state index >= 15 is 0 Å². The number of rotatable bonds is 6. The van der Waals surface area contributed by atoms with Crippen LogP contribution in [0.4, 0.5) is 0 Å². The van der Waals surface area contributed by atoms with E-state index in [1.165, 1.54) is 0 Å². The summed E-state index contributed by atoms with van der Waals surface area (Å²) in [5.41, 5.74) is 3.99. The number of amides is 1. The third kappa shape index (κ3) is 4.69. The highest BCUT2D eigenvalue weighted by atomic mass is 79.9. The summed E-state index contributed by atoms with van der Waals surface area (Å²) in [4.78, 5) is 12.1. The van der Waals surface area contributed by atoms with Gasteiger partial charge in [0.1, 0.15) is 0 Å². The van der Waals surface area contributed by atoms with Gasteiger partial charge in [0.25, 0.3) is 5.91 Å². The molecule has 2 rings (SSSR count). The number of benzene rings is 2. The fourth-order valence-electron chi connectivity index (χ4n) is 2.03. The Kier molecular flexibility index (Phi) is 5.96. The van der Waals surface area contributed by atoms with E-state index in [2.05, 4.69) is 21.2 Å². The molecule has 2 aromatic carbocycles. The van der Waals surface area contributed by atoms with Crippen molar-refractivity contribution in [1.29, 1.82) is 0 Å². The van der Waals surface area contributed by atoms with Crippen LogP contribution in [0.5, 0.6) is 0 Å². The molecule has 0 radical (unpaired) electrons. The van der Waals surface area contributed by atoms with Crippen LogP contribution in [-0.2, 0) is 23.2 Å². The smallest absolute Gasteiger partial charge is 0.251 e. The average molecular weight is 348 g/mol. The fraction of sp³-hybridized carbons (Fsp3) is 0.235. The molecule has 0 saturated heterocycles. The zero-order valence-electron chi connectivity index (χ0n) is 11.9. The number of carbonyl (C=O) groups is 1. The molecule has 2 aromatic rings. The van der Waals surface area contributed by atoms with Gasteiger partial charge in [0.15, 0.2) is 0 Å². The predicted molar refractivity (Wildman–Crippen MR) is 87.4 cm³/mol. The van der Waals surface area contributed by atoms with Gasteiger partial charge in [-0.2, -0.15) is 0 Å². The van der Waals surface area contributed by atoms with Gasteiger partial charge >= 0.3 is 0 Å². The minimum atomic E-state index is -0.0618. The van der Waals surface area contributed by atoms with Gasteiger partial charge in [0, 0.05) is 24.5 Å². The van der Waals surface area contributed by atoms with Gasteiger partial charge in [-0.1, -0.05) is 52.3 Å². The van der Waals surface area contributed by atoms with Crippen molar-refractivity contribution in [3.8, 4) is 0 Å². The molecule has 1 amide bonds. The topological polar surface area (TPSA) is 38.3 Å². The predicted octanol–water partition coefficient (Wildman–Crippen LogP) is 3.66. The van der Waals surface area contributed by atoms with Crippen molar-refractivity contribution < 1.29 is 9.53 Å². The molecule has 1 N–H and O–H groups in total. The number of alkyl halides is 1. The number of ether oxygens (including phenoxy) is 1. The Morgan fingerprint density at radius 2 is 1.81 bits per heavy atom. The number of methoxy groups -OCH3 is 1. The van der Waals surface area contributed by atoms with Crippen molar-refractivity contribution in [3.05, 3.63) is 70.8 Å². The molecular weight excluding hydrogens is 330 g/mol. The van der Waals surface area contributed by atoms with Crippen molar-refractivity contribution in [1.82, 2.24) is 5.32 Å². The Bertz CT molecular complexity index is 596. The normalized spacial score (nSPS) is 10.4. The molecule has 0 aliphatic carbocycles. The summed E-state index contributed by atoms with van der Waals surface area (Å²) >= 11 is 3.39. The fourth-order valence-corrected chi connectivity index (χ4v) is 2.40. The Hall–Kier alpha value is -1.65. The summed E-state index contributed by atoms with van der Waals surface area (Å²) in [5.74, 6) is -0.0618. The first-order chi connectivity index (χ1) is 10.2. The first-order valence-electron chi connectivity index (χ1n) is 6.73. The van der Waals surface area contributed by atoms with Crippen molar-refractivity contribution in [2.75, 3.05) is 7.11 Å². The highest BCUT2D eigenvalue weighted by molar-refractivity contribution is 9.08. The summed E-state index contributed by atoms with van der Waals surface area (Å²) in [7, 11) is 1.67. The second-order valence-electron chi connectivity index (χ2n) is 4.77. The lowest BCUT2D eigenvalue weighted by molar-refractivity contribution is 0.0951. The molecule has 4 heteroatoms. The van der Waals surface area contributed by atoms with E-state index < -0.39 is 0 Å². The van der Waals surface area contributed by atoms with E-state index in [9.17, 15) is 4.79 Å². The lowest BCUT2D eigenvalue weighted by atomic mass is 10.1. The van der Waals surface area contributed by atoms with Gasteiger partial charge in [-0.15, -0.1) is 0 Å². The van der Waals surface area contributed by atoms with Crippen LogP contribution in [0.2, 0.25) is 0 Å². The number of nitrogens with one attached hydrogen (secondary N) is 1. The molecule has 0 aliphatic heterocycles. The lowest BCUT2D eigenvalue weighted by Gasteiger charge is -2.07. The third-order valence-electron chi connectivity index (χ3n) is 3.13. The van der Waals surface area contributed by atoms with Crippen LogP contribution in [0.25, 0.3) is 0 Å². The van der Waals surface area contributed by atoms with Crippen LogP contribution in [0.15, 0.2) is 48.5 Å². The highest BCUT2D eigenvalue weighted by Crippen LogP contribution is 2.09. The Morgan fingerprint density at radius 1 is 1.10 bits per heavy atom. The molecule has 0 saturated carbocycles. The molecular formula is C17H18BrNO2. The van der Waals surface area contributed by atoms with Crippen LogP contribution in [0.3, 0.4) is 0 Å². The summed E-state index contributed by atoms with van der Waals surface area (Å²) in [6.07, 6.45) is 0. The molecule has 0 fully saturated rings. The number of halogens is 1. The second-order valence-corrected chi connectivity index (χ2v) is 5.33. The lowest BCUT2D eigenvalue weighted by Crippen LogP contribution is -2.22. The van der Waals surface area contributed by atoms with Gasteiger partial charge in [0.05, 0.1) is 6.61 Å². The standard InChI is InChI=1S/C17H18BrNO2/c1-21-12-15-4-2-3-14(9-15)11-19-17(20)16-7-5-13(10-18)6-8-16/h2-9H,10-12H2,1H3,(H,19,20). The van der Waals surface area contributed by atoms with Crippen molar-refractivity contribution in [3.63, 3.8) is 0 Å². The van der Waals surface area contributed by atoms with Gasteiger partial charge < -0.3 is 10.1 Å². The molecule has 0 aliphatic rings. The van der Waals surface area contributed by atoms with Gasteiger partial charge in [-0.3, -0.25) is 4.79 Å². The van der Waals surface area contributed by atoms with Gasteiger partial charge in [-0.05, 0) is 28.8 Å². The number of carbonyl (C=O) groups excluding carboxylic acids is 1. The zero-order valence-corrected chi connectivity index (χ0v) is 13.5. The van der Waals surface area contributed by atoms with E-state index in [-0.39, 0.29) is 5.91 Å². The molecule has 3 nitrogen and oxygen atoms in total. The van der Waals surface area contributed by atoms with E-state index in [0.717, 1.165) is 22.0 Å². The second kappa shape index (κ2) is 7.96. The monoisotopic (exact) mass is 347 g/mol. The maximum Gasteiger partial charge on any atom is 0.251 e. The summed E-state index contributed by atoms with van der Waals surface area (Å²) < 4.78 is 5.11. The molecule has 0 heterocycles. The van der Waals surface area contributed by atoms with Crippen LogP contribution in [-0.4, -0.2) is 13.0 Å². The molecule has 21 heavy (non-hydrogen) atoms. The SMILES string of the molecule is COCc1cccc(CNC(=O)c2ccc(CBr)cc2)c1. The summed E-state index contributed by atoms with van der Waals surface area (Å²) in [6.45, 7) is 1.09. The molecule has 0 spiro atoms. The number of hydrogen-bond acceptors (Lipinski definition) is 2. The maximum atomic E-state index is 12.1. The first kappa shape index (κ1) is 15.7. The number of hydrogen-bond donors (Lipinski definition) is 1. The Labute approximate surface area is 133 Å². The van der Waals surface area contributed by atoms with Gasteiger partial charge in [-0.25, -0.2) is 0 Å². The summed E-state index contributed by atoms with van der Waals surface area (Å²) in [5, 5.41) is 3.72. The molecule has 0 atom stereocenters. The van der Waals surface area contributed by atoms with E-state index in [1.54, 1.807) is 7.11 Å². The average Bonchev–Trinajstić information content (AvgIpc) is 2.53. The zero-order chi connectivity index (χ0) is 15.1. The molecule has 0 aromatic heterocycles. The third-order valence-corrected chi connectivity index (χ3v) is 3.77. The Morgan fingerprint density at radius 3 is 2.48 bits per heavy atom. The quantitative estimate of drug-likeness (QED) is 0.809. The van der Waals surface area contributed by atoms with E-state index in [0.29, 0.717) is 18.7 Å². The summed E-state index contributed by atoms with van der Waals surface area (Å²) in [6, 6.07) is 15.6. The van der Waals surface area contributed by atoms with Crippen LogP contribution in [0.1, 0.15) is 27.0 Å². The van der Waals surface area contributed by atoms with E-state index in [4.69, 9.17) is 4.74 Å². The minimum Gasteiger partial charge on any atom is -0.380 e. The first-order valence-corrected chi connectivity index (χ1v) is 7.85. The van der Waals surface area contributed by atoms with Crippen molar-refractivity contribution in [2.24, 2.45) is 0 Å².